The molecule has 114 valence electrons. The second kappa shape index (κ2) is 6.65. The molecule has 3 heteroatoms. The summed E-state index contributed by atoms with van der Waals surface area (Å²) in [5, 5.41) is 0. The fourth-order valence-corrected chi connectivity index (χ4v) is 2.93. The Kier molecular flexibility index (Phi) is 4.42. The summed E-state index contributed by atoms with van der Waals surface area (Å²) < 4.78 is 10.7. The van der Waals surface area contributed by atoms with Crippen molar-refractivity contribution in [3.8, 4) is 5.75 Å². The number of fused-ring (bicyclic) bond motifs is 1. The Morgan fingerprint density at radius 2 is 1.95 bits per heavy atom. The molecule has 0 saturated carbocycles. The average Bonchev–Trinajstić information content (AvgIpc) is 2.59. The highest BCUT2D eigenvalue weighted by molar-refractivity contribution is 5.73. The Morgan fingerprint density at radius 1 is 1.14 bits per heavy atom. The van der Waals surface area contributed by atoms with E-state index in [-0.39, 0.29) is 11.9 Å². The maximum absolute atomic E-state index is 11.7. The summed E-state index contributed by atoms with van der Waals surface area (Å²) in [5.41, 5.74) is 3.66. The zero-order chi connectivity index (χ0) is 15.4. The summed E-state index contributed by atoms with van der Waals surface area (Å²) in [6, 6.07) is 16.3. The van der Waals surface area contributed by atoms with Crippen molar-refractivity contribution in [2.24, 2.45) is 5.92 Å². The number of ether oxygens (including phenoxy) is 2. The Hall–Kier alpha value is -2.29. The Balaban J connectivity index is 1.69. The molecule has 1 atom stereocenters. The van der Waals surface area contributed by atoms with Crippen molar-refractivity contribution >= 4 is 5.97 Å². The number of methoxy groups -OCH3 is 1. The standard InChI is InChI=1S/C19H20O3/c1-21-19(20)16-8-7-15-9-10-18(12-17(15)11-16)22-13-14-5-3-2-4-6-14/h2-6,9-10,12,16H,7-8,11,13H2,1H3. The maximum Gasteiger partial charge on any atom is 0.309 e. The van der Waals surface area contributed by atoms with Gasteiger partial charge in [-0.3, -0.25) is 4.79 Å². The first kappa shape index (κ1) is 14.6. The fraction of sp³-hybridized carbons (Fsp3) is 0.316. The monoisotopic (exact) mass is 296 g/mol. The zero-order valence-electron chi connectivity index (χ0n) is 12.7. The molecule has 0 aliphatic heterocycles. The number of hydrogen-bond donors (Lipinski definition) is 0. The van der Waals surface area contributed by atoms with Crippen LogP contribution in [0, 0.1) is 5.92 Å². The van der Waals surface area contributed by atoms with Gasteiger partial charge < -0.3 is 9.47 Å². The molecule has 22 heavy (non-hydrogen) atoms. The number of benzene rings is 2. The number of carbonyl (C=O) groups excluding carboxylic acids is 1. The third kappa shape index (κ3) is 3.30. The smallest absolute Gasteiger partial charge is 0.309 e. The lowest BCUT2D eigenvalue weighted by Crippen LogP contribution is -2.23. The Bertz CT molecular complexity index is 649. The highest BCUT2D eigenvalue weighted by Crippen LogP contribution is 2.29. The first-order valence-electron chi connectivity index (χ1n) is 7.62. The SMILES string of the molecule is COC(=O)C1CCc2ccc(OCc3ccccc3)cc2C1. The van der Waals surface area contributed by atoms with Gasteiger partial charge in [0.2, 0.25) is 0 Å². The molecule has 0 aromatic heterocycles. The first-order valence-corrected chi connectivity index (χ1v) is 7.62. The van der Waals surface area contributed by atoms with E-state index in [4.69, 9.17) is 9.47 Å². The van der Waals surface area contributed by atoms with Crippen molar-refractivity contribution in [2.45, 2.75) is 25.9 Å². The second-order valence-electron chi connectivity index (χ2n) is 5.67. The number of carbonyl (C=O) groups is 1. The highest BCUT2D eigenvalue weighted by atomic mass is 16.5. The molecule has 0 N–H and O–H groups in total. The van der Waals surface area contributed by atoms with Gasteiger partial charge >= 0.3 is 5.97 Å². The van der Waals surface area contributed by atoms with Crippen LogP contribution in [-0.4, -0.2) is 13.1 Å². The largest absolute Gasteiger partial charge is 0.489 e. The topological polar surface area (TPSA) is 35.5 Å². The minimum Gasteiger partial charge on any atom is -0.489 e. The summed E-state index contributed by atoms with van der Waals surface area (Å²) >= 11 is 0. The normalized spacial score (nSPS) is 16.7. The molecule has 2 aromatic rings. The van der Waals surface area contributed by atoms with E-state index in [1.807, 2.05) is 36.4 Å². The van der Waals surface area contributed by atoms with Crippen molar-refractivity contribution in [1.29, 1.82) is 0 Å². The van der Waals surface area contributed by atoms with E-state index in [2.05, 4.69) is 12.1 Å². The van der Waals surface area contributed by atoms with E-state index in [9.17, 15) is 4.79 Å². The Labute approximate surface area is 130 Å². The summed E-state index contributed by atoms with van der Waals surface area (Å²) in [6.07, 6.45) is 2.53. The van der Waals surface area contributed by atoms with Crippen LogP contribution in [0.3, 0.4) is 0 Å². The van der Waals surface area contributed by atoms with Gasteiger partial charge in [0.05, 0.1) is 13.0 Å². The summed E-state index contributed by atoms with van der Waals surface area (Å²) in [6.45, 7) is 0.556. The second-order valence-corrected chi connectivity index (χ2v) is 5.67. The molecule has 2 aromatic carbocycles. The van der Waals surface area contributed by atoms with Gasteiger partial charge in [-0.2, -0.15) is 0 Å². The van der Waals surface area contributed by atoms with Crippen LogP contribution in [0.25, 0.3) is 0 Å². The van der Waals surface area contributed by atoms with Crippen LogP contribution in [0.1, 0.15) is 23.1 Å². The van der Waals surface area contributed by atoms with Crippen LogP contribution < -0.4 is 4.74 Å². The van der Waals surface area contributed by atoms with Gasteiger partial charge in [0, 0.05) is 0 Å². The number of aryl methyl sites for hydroxylation is 1. The average molecular weight is 296 g/mol. The van der Waals surface area contributed by atoms with Gasteiger partial charge in [-0.15, -0.1) is 0 Å². The first-order chi connectivity index (χ1) is 10.8. The van der Waals surface area contributed by atoms with Crippen LogP contribution >= 0.6 is 0 Å². The van der Waals surface area contributed by atoms with Crippen LogP contribution in [0.2, 0.25) is 0 Å². The lowest BCUT2D eigenvalue weighted by atomic mass is 9.84. The van der Waals surface area contributed by atoms with Crippen molar-refractivity contribution < 1.29 is 14.3 Å². The van der Waals surface area contributed by atoms with Gasteiger partial charge in [-0.25, -0.2) is 0 Å². The number of hydrogen-bond acceptors (Lipinski definition) is 3. The molecule has 1 unspecified atom stereocenters. The van der Waals surface area contributed by atoms with Gasteiger partial charge in [-0.1, -0.05) is 36.4 Å². The molecule has 0 amide bonds. The van der Waals surface area contributed by atoms with E-state index in [0.29, 0.717) is 6.61 Å². The minimum absolute atomic E-state index is 0.0260. The predicted octanol–water partition coefficient (Wildman–Crippen LogP) is 3.54. The van der Waals surface area contributed by atoms with Gasteiger partial charge in [0.25, 0.3) is 0 Å². The van der Waals surface area contributed by atoms with Crippen molar-refractivity contribution in [3.05, 3.63) is 65.2 Å². The van der Waals surface area contributed by atoms with Crippen molar-refractivity contribution in [1.82, 2.24) is 0 Å². The number of esters is 1. The summed E-state index contributed by atoms with van der Waals surface area (Å²) in [5.74, 6) is 0.719. The molecule has 1 aliphatic rings. The van der Waals surface area contributed by atoms with E-state index < -0.39 is 0 Å². The molecule has 0 spiro atoms. The van der Waals surface area contributed by atoms with Gasteiger partial charge in [-0.05, 0) is 48.1 Å². The molecular formula is C19H20O3. The van der Waals surface area contributed by atoms with Crippen LogP contribution in [0.5, 0.6) is 5.75 Å². The van der Waals surface area contributed by atoms with Crippen LogP contribution in [0.15, 0.2) is 48.5 Å². The van der Waals surface area contributed by atoms with Gasteiger partial charge in [0.1, 0.15) is 12.4 Å². The molecule has 3 rings (SSSR count). The van der Waals surface area contributed by atoms with E-state index in [1.54, 1.807) is 0 Å². The minimum atomic E-state index is -0.110. The number of rotatable bonds is 4. The zero-order valence-corrected chi connectivity index (χ0v) is 12.7. The predicted molar refractivity (Wildman–Crippen MR) is 84.7 cm³/mol. The molecule has 0 bridgehead atoms. The Morgan fingerprint density at radius 3 is 2.73 bits per heavy atom. The summed E-state index contributed by atoms with van der Waals surface area (Å²) in [7, 11) is 1.46. The lowest BCUT2D eigenvalue weighted by Gasteiger charge is -2.23. The lowest BCUT2D eigenvalue weighted by molar-refractivity contribution is -0.145. The molecule has 1 aliphatic carbocycles. The molecule has 0 saturated heterocycles. The van der Waals surface area contributed by atoms with E-state index in [0.717, 1.165) is 30.6 Å². The molecule has 0 radical (unpaired) electrons. The molecular weight excluding hydrogens is 276 g/mol. The fourth-order valence-electron chi connectivity index (χ4n) is 2.93. The molecule has 0 fully saturated rings. The van der Waals surface area contributed by atoms with Crippen LogP contribution in [-0.2, 0) is 29.0 Å². The van der Waals surface area contributed by atoms with Gasteiger partial charge in [0.15, 0.2) is 0 Å². The summed E-state index contributed by atoms with van der Waals surface area (Å²) in [4.78, 5) is 11.7. The molecule has 3 nitrogen and oxygen atoms in total. The van der Waals surface area contributed by atoms with Crippen molar-refractivity contribution in [2.75, 3.05) is 7.11 Å². The third-order valence-electron chi connectivity index (χ3n) is 4.19. The van der Waals surface area contributed by atoms with Crippen LogP contribution in [0.4, 0.5) is 0 Å². The van der Waals surface area contributed by atoms with Crippen molar-refractivity contribution in [3.63, 3.8) is 0 Å². The van der Waals surface area contributed by atoms with E-state index in [1.165, 1.54) is 18.2 Å². The quantitative estimate of drug-likeness (QED) is 0.810. The molecule has 0 heterocycles. The third-order valence-corrected chi connectivity index (χ3v) is 4.19. The highest BCUT2D eigenvalue weighted by Gasteiger charge is 2.25. The maximum atomic E-state index is 11.7. The van der Waals surface area contributed by atoms with E-state index >= 15 is 0 Å².